The van der Waals surface area contributed by atoms with Gasteiger partial charge in [0.25, 0.3) is 0 Å². The predicted molar refractivity (Wildman–Crippen MR) is 103 cm³/mol. The van der Waals surface area contributed by atoms with Crippen LogP contribution in [-0.4, -0.2) is 38.7 Å². The number of ether oxygens (including phenoxy) is 1. The lowest BCUT2D eigenvalue weighted by Crippen LogP contribution is -2.36. The molecular weight excluding hydrogens is 338 g/mol. The largest absolute Gasteiger partial charge is 0.450 e. The molecule has 1 rings (SSSR count). The number of hydrogen-bond acceptors (Lipinski definition) is 4. The number of carbonyl (C=O) groups excluding carboxylic acids is 1. The van der Waals surface area contributed by atoms with Crippen LogP contribution in [0.15, 0.2) is 0 Å². The fourth-order valence-corrected chi connectivity index (χ4v) is 4.90. The summed E-state index contributed by atoms with van der Waals surface area (Å²) in [7, 11) is -2.96. The Kier molecular flexibility index (Phi) is 12.0. The maximum absolute atomic E-state index is 11.6. The Morgan fingerprint density at radius 2 is 1.44 bits per heavy atom. The van der Waals surface area contributed by atoms with Crippen molar-refractivity contribution in [3.05, 3.63) is 0 Å². The Morgan fingerprint density at radius 3 is 1.92 bits per heavy atom. The lowest BCUT2D eigenvalue weighted by Gasteiger charge is -2.11. The Hall–Kier alpha value is -0.780. The van der Waals surface area contributed by atoms with E-state index < -0.39 is 15.9 Å². The van der Waals surface area contributed by atoms with Crippen molar-refractivity contribution in [2.45, 2.75) is 96.4 Å². The number of unbranched alkanes of at least 4 members (excludes halogenated alkanes) is 11. The first-order valence-corrected chi connectivity index (χ1v) is 12.0. The van der Waals surface area contributed by atoms with Gasteiger partial charge in [-0.15, -0.1) is 0 Å². The molecule has 1 atom stereocenters. The van der Waals surface area contributed by atoms with Crippen LogP contribution >= 0.6 is 0 Å². The summed E-state index contributed by atoms with van der Waals surface area (Å²) in [6, 6.07) is -0.278. The van der Waals surface area contributed by atoms with Gasteiger partial charge in [-0.1, -0.05) is 77.6 Å². The van der Waals surface area contributed by atoms with Crippen molar-refractivity contribution in [3.8, 4) is 0 Å². The normalized spacial score (nSPS) is 19.0. The van der Waals surface area contributed by atoms with E-state index in [1.165, 1.54) is 64.2 Å². The van der Waals surface area contributed by atoms with Crippen LogP contribution in [0.1, 0.15) is 90.4 Å². The van der Waals surface area contributed by atoms with Crippen molar-refractivity contribution in [3.63, 3.8) is 0 Å². The second kappa shape index (κ2) is 13.4. The molecule has 0 aliphatic carbocycles. The standard InChI is InChI=1S/C19H37NO4S/c1-2-3-4-5-6-7-8-9-10-11-12-13-15-24-19(21)20-18-14-16-25(22,23)17-18/h18H,2-17H2,1H3,(H,20,21). The van der Waals surface area contributed by atoms with Gasteiger partial charge < -0.3 is 10.1 Å². The first-order chi connectivity index (χ1) is 12.0. The summed E-state index contributed by atoms with van der Waals surface area (Å²) >= 11 is 0. The molecule has 0 aromatic heterocycles. The average molecular weight is 376 g/mol. The SMILES string of the molecule is CCCCCCCCCCCCCCOC(=O)NC1CCS(=O)(=O)C1. The average Bonchev–Trinajstić information content (AvgIpc) is 2.90. The molecule has 6 heteroatoms. The smallest absolute Gasteiger partial charge is 0.407 e. The Labute approximate surface area is 154 Å². The molecule has 0 radical (unpaired) electrons. The van der Waals surface area contributed by atoms with Crippen LogP contribution in [0.25, 0.3) is 0 Å². The molecular formula is C19H37NO4S. The molecule has 1 N–H and O–H groups in total. The van der Waals surface area contributed by atoms with Crippen molar-refractivity contribution in [2.24, 2.45) is 0 Å². The van der Waals surface area contributed by atoms with Crippen molar-refractivity contribution in [1.29, 1.82) is 0 Å². The molecule has 0 spiro atoms. The summed E-state index contributed by atoms with van der Waals surface area (Å²) in [5.41, 5.74) is 0. The van der Waals surface area contributed by atoms with E-state index in [-0.39, 0.29) is 17.5 Å². The van der Waals surface area contributed by atoms with Crippen LogP contribution in [0.2, 0.25) is 0 Å². The van der Waals surface area contributed by atoms with Crippen LogP contribution < -0.4 is 5.32 Å². The fourth-order valence-electron chi connectivity index (χ4n) is 3.23. The van der Waals surface area contributed by atoms with Crippen LogP contribution in [0.5, 0.6) is 0 Å². The predicted octanol–water partition coefficient (Wildman–Crippen LogP) is 4.60. The second-order valence-corrected chi connectivity index (χ2v) is 9.50. The van der Waals surface area contributed by atoms with E-state index in [0.717, 1.165) is 12.8 Å². The number of hydrogen-bond donors (Lipinski definition) is 1. The number of rotatable bonds is 14. The number of alkyl carbamates (subject to hydrolysis) is 1. The van der Waals surface area contributed by atoms with Gasteiger partial charge in [0.05, 0.1) is 18.1 Å². The molecule has 5 nitrogen and oxygen atoms in total. The first-order valence-electron chi connectivity index (χ1n) is 10.2. The Bertz CT molecular complexity index is 450. The fraction of sp³-hybridized carbons (Fsp3) is 0.947. The van der Waals surface area contributed by atoms with Gasteiger partial charge >= 0.3 is 6.09 Å². The molecule has 0 aromatic carbocycles. The molecule has 1 saturated heterocycles. The first kappa shape index (κ1) is 22.3. The van der Waals surface area contributed by atoms with E-state index >= 15 is 0 Å². The third kappa shape index (κ3) is 12.2. The third-order valence-corrected chi connectivity index (χ3v) is 6.55. The summed E-state index contributed by atoms with van der Waals surface area (Å²) in [5.74, 6) is 0.206. The number of carbonyl (C=O) groups is 1. The van der Waals surface area contributed by atoms with Gasteiger partial charge in [-0.05, 0) is 12.8 Å². The lowest BCUT2D eigenvalue weighted by atomic mass is 10.1. The van der Waals surface area contributed by atoms with E-state index in [9.17, 15) is 13.2 Å². The molecule has 0 saturated carbocycles. The number of amides is 1. The van der Waals surface area contributed by atoms with Gasteiger partial charge in [0.15, 0.2) is 9.84 Å². The number of sulfone groups is 1. The van der Waals surface area contributed by atoms with E-state index in [0.29, 0.717) is 13.0 Å². The lowest BCUT2D eigenvalue weighted by molar-refractivity contribution is 0.141. The van der Waals surface area contributed by atoms with Crippen LogP contribution in [0.4, 0.5) is 4.79 Å². The molecule has 1 aliphatic heterocycles. The van der Waals surface area contributed by atoms with E-state index in [2.05, 4.69) is 12.2 Å². The second-order valence-electron chi connectivity index (χ2n) is 7.27. The molecule has 0 bridgehead atoms. The van der Waals surface area contributed by atoms with Gasteiger partial charge in [0.2, 0.25) is 0 Å². The summed E-state index contributed by atoms with van der Waals surface area (Å²) in [6.07, 6.45) is 15.3. The monoisotopic (exact) mass is 375 g/mol. The van der Waals surface area contributed by atoms with Gasteiger partial charge in [0.1, 0.15) is 0 Å². The maximum atomic E-state index is 11.6. The van der Waals surface area contributed by atoms with E-state index in [1.54, 1.807) is 0 Å². The molecule has 1 amide bonds. The molecule has 1 unspecified atom stereocenters. The highest BCUT2D eigenvalue weighted by Crippen LogP contribution is 2.13. The van der Waals surface area contributed by atoms with Crippen molar-refractivity contribution in [1.82, 2.24) is 5.32 Å². The van der Waals surface area contributed by atoms with Crippen molar-refractivity contribution < 1.29 is 17.9 Å². The molecule has 25 heavy (non-hydrogen) atoms. The Morgan fingerprint density at radius 1 is 0.920 bits per heavy atom. The van der Waals surface area contributed by atoms with E-state index in [4.69, 9.17) is 4.74 Å². The van der Waals surface area contributed by atoms with Crippen molar-refractivity contribution >= 4 is 15.9 Å². The van der Waals surface area contributed by atoms with Gasteiger partial charge in [0, 0.05) is 6.04 Å². The summed E-state index contributed by atoms with van der Waals surface area (Å²) in [5, 5.41) is 2.64. The van der Waals surface area contributed by atoms with Gasteiger partial charge in [-0.3, -0.25) is 0 Å². The highest BCUT2D eigenvalue weighted by atomic mass is 32.2. The topological polar surface area (TPSA) is 72.5 Å². The van der Waals surface area contributed by atoms with Crippen LogP contribution in [0, 0.1) is 0 Å². The highest BCUT2D eigenvalue weighted by Gasteiger charge is 2.29. The minimum absolute atomic E-state index is 0.0424. The molecule has 1 aliphatic rings. The molecule has 1 fully saturated rings. The molecule has 0 aromatic rings. The third-order valence-electron chi connectivity index (χ3n) is 4.79. The quantitative estimate of drug-likeness (QED) is 0.450. The highest BCUT2D eigenvalue weighted by molar-refractivity contribution is 7.91. The maximum Gasteiger partial charge on any atom is 0.407 e. The zero-order valence-corrected chi connectivity index (χ0v) is 16.7. The zero-order chi connectivity index (χ0) is 18.4. The van der Waals surface area contributed by atoms with E-state index in [1.807, 2.05) is 0 Å². The zero-order valence-electron chi connectivity index (χ0n) is 15.9. The van der Waals surface area contributed by atoms with Gasteiger partial charge in [-0.2, -0.15) is 0 Å². The summed E-state index contributed by atoms with van der Waals surface area (Å²) in [4.78, 5) is 11.6. The minimum Gasteiger partial charge on any atom is -0.450 e. The number of nitrogens with one attached hydrogen (secondary N) is 1. The van der Waals surface area contributed by atoms with Crippen molar-refractivity contribution in [2.75, 3.05) is 18.1 Å². The summed E-state index contributed by atoms with van der Waals surface area (Å²) in [6.45, 7) is 2.67. The molecule has 148 valence electrons. The van der Waals surface area contributed by atoms with Crippen LogP contribution in [-0.2, 0) is 14.6 Å². The minimum atomic E-state index is -2.96. The van der Waals surface area contributed by atoms with Crippen LogP contribution in [0.3, 0.4) is 0 Å². The summed E-state index contributed by atoms with van der Waals surface area (Å²) < 4.78 is 27.8. The molecule has 1 heterocycles. The Balaban J connectivity index is 1.82. The van der Waals surface area contributed by atoms with Gasteiger partial charge in [-0.25, -0.2) is 13.2 Å².